The Morgan fingerprint density at radius 2 is 2.28 bits per heavy atom. The van der Waals surface area contributed by atoms with Crippen LogP contribution in [0, 0.1) is 0 Å². The summed E-state index contributed by atoms with van der Waals surface area (Å²) >= 11 is 6.27. The highest BCUT2D eigenvalue weighted by Crippen LogP contribution is 2.26. The number of methoxy groups -OCH3 is 1. The minimum atomic E-state index is 0.279. The van der Waals surface area contributed by atoms with Gasteiger partial charge in [0.05, 0.1) is 36.1 Å². The average molecular weight is 274 g/mol. The molecular formula is C13H24ClN3O. The topological polar surface area (TPSA) is 39.1 Å². The van der Waals surface area contributed by atoms with Crippen molar-refractivity contribution in [2.75, 3.05) is 20.3 Å². The van der Waals surface area contributed by atoms with E-state index in [9.17, 15) is 0 Å². The monoisotopic (exact) mass is 273 g/mol. The number of ether oxygens (including phenoxy) is 1. The summed E-state index contributed by atoms with van der Waals surface area (Å²) in [4.78, 5) is 0. The molecule has 1 aromatic rings. The zero-order valence-electron chi connectivity index (χ0n) is 11.6. The van der Waals surface area contributed by atoms with Gasteiger partial charge in [-0.25, -0.2) is 0 Å². The van der Waals surface area contributed by atoms with Gasteiger partial charge in [0, 0.05) is 7.11 Å². The molecule has 1 unspecified atom stereocenters. The van der Waals surface area contributed by atoms with Gasteiger partial charge in [0.25, 0.3) is 0 Å². The number of aromatic nitrogens is 2. The molecule has 1 rings (SSSR count). The first-order valence-corrected chi connectivity index (χ1v) is 7.05. The number of unbranched alkanes of at least 4 members (excludes halogenated alkanes) is 1. The van der Waals surface area contributed by atoms with Gasteiger partial charge in [0.1, 0.15) is 0 Å². The fraction of sp³-hybridized carbons (Fsp3) is 0.769. The highest BCUT2D eigenvalue weighted by Gasteiger charge is 2.19. The van der Waals surface area contributed by atoms with Crippen LogP contribution >= 0.6 is 11.6 Å². The van der Waals surface area contributed by atoms with Crippen LogP contribution in [-0.4, -0.2) is 30.0 Å². The minimum Gasteiger partial charge on any atom is -0.383 e. The van der Waals surface area contributed by atoms with E-state index >= 15 is 0 Å². The van der Waals surface area contributed by atoms with Crippen molar-refractivity contribution in [2.45, 2.75) is 45.7 Å². The molecule has 0 spiro atoms. The quantitative estimate of drug-likeness (QED) is 0.752. The number of hydrogen-bond donors (Lipinski definition) is 1. The summed E-state index contributed by atoms with van der Waals surface area (Å²) in [7, 11) is 1.70. The van der Waals surface area contributed by atoms with Crippen LogP contribution in [0.5, 0.6) is 0 Å². The second-order valence-corrected chi connectivity index (χ2v) is 4.75. The molecule has 1 aromatic heterocycles. The van der Waals surface area contributed by atoms with E-state index in [2.05, 4.69) is 24.3 Å². The smallest absolute Gasteiger partial charge is 0.0834 e. The molecule has 0 saturated carbocycles. The first-order chi connectivity index (χ1) is 8.74. The Kier molecular flexibility index (Phi) is 7.32. The highest BCUT2D eigenvalue weighted by molar-refractivity contribution is 6.31. The first-order valence-electron chi connectivity index (χ1n) is 6.68. The van der Waals surface area contributed by atoms with Crippen LogP contribution < -0.4 is 5.32 Å². The fourth-order valence-electron chi connectivity index (χ4n) is 2.06. The van der Waals surface area contributed by atoms with E-state index in [0.717, 1.165) is 30.2 Å². The molecule has 0 aliphatic carbocycles. The third kappa shape index (κ3) is 4.26. The van der Waals surface area contributed by atoms with Crippen LogP contribution in [0.3, 0.4) is 0 Å². The van der Waals surface area contributed by atoms with Crippen molar-refractivity contribution in [1.29, 1.82) is 0 Å². The van der Waals surface area contributed by atoms with Gasteiger partial charge in [-0.15, -0.1) is 0 Å². The van der Waals surface area contributed by atoms with Gasteiger partial charge in [0.15, 0.2) is 0 Å². The number of rotatable bonds is 9. The third-order valence-electron chi connectivity index (χ3n) is 2.97. The molecule has 0 aliphatic heterocycles. The Bertz CT molecular complexity index is 341. The predicted molar refractivity (Wildman–Crippen MR) is 75.1 cm³/mol. The van der Waals surface area contributed by atoms with Crippen molar-refractivity contribution < 1.29 is 4.74 Å². The molecule has 0 amide bonds. The lowest BCUT2D eigenvalue weighted by Crippen LogP contribution is -2.25. The number of nitrogens with zero attached hydrogens (tertiary/aromatic N) is 2. The number of nitrogens with one attached hydrogen (secondary N) is 1. The van der Waals surface area contributed by atoms with Gasteiger partial charge in [-0.2, -0.15) is 5.10 Å². The van der Waals surface area contributed by atoms with E-state index in [1.807, 2.05) is 4.68 Å². The van der Waals surface area contributed by atoms with Crippen LogP contribution in [0.15, 0.2) is 6.20 Å². The van der Waals surface area contributed by atoms with Crippen LogP contribution in [0.25, 0.3) is 0 Å². The lowest BCUT2D eigenvalue weighted by atomic mass is 10.1. The van der Waals surface area contributed by atoms with Gasteiger partial charge in [-0.05, 0) is 13.0 Å². The highest BCUT2D eigenvalue weighted by atomic mass is 35.5. The summed E-state index contributed by atoms with van der Waals surface area (Å²) in [6.07, 6.45) is 5.18. The summed E-state index contributed by atoms with van der Waals surface area (Å²) in [6, 6.07) is 0.279. The Balaban J connectivity index is 2.83. The molecule has 0 fully saturated rings. The molecule has 18 heavy (non-hydrogen) atoms. The van der Waals surface area contributed by atoms with E-state index in [1.165, 1.54) is 12.8 Å². The lowest BCUT2D eigenvalue weighted by Gasteiger charge is -2.20. The zero-order valence-corrected chi connectivity index (χ0v) is 12.3. The molecule has 0 aliphatic rings. The normalized spacial score (nSPS) is 12.9. The van der Waals surface area contributed by atoms with Gasteiger partial charge in [0.2, 0.25) is 0 Å². The maximum atomic E-state index is 6.27. The molecule has 104 valence electrons. The maximum Gasteiger partial charge on any atom is 0.0834 e. The van der Waals surface area contributed by atoms with Crippen LogP contribution in [0.4, 0.5) is 0 Å². The van der Waals surface area contributed by atoms with E-state index in [0.29, 0.717) is 6.61 Å². The molecule has 1 atom stereocenters. The summed E-state index contributed by atoms with van der Waals surface area (Å²) in [5.41, 5.74) is 1.09. The maximum absolute atomic E-state index is 6.27. The second kappa shape index (κ2) is 8.51. The van der Waals surface area contributed by atoms with Crippen molar-refractivity contribution in [3.8, 4) is 0 Å². The van der Waals surface area contributed by atoms with Crippen LogP contribution in [0.2, 0.25) is 5.02 Å². The molecule has 0 radical (unpaired) electrons. The van der Waals surface area contributed by atoms with Gasteiger partial charge in [-0.1, -0.05) is 38.3 Å². The zero-order chi connectivity index (χ0) is 13.4. The summed E-state index contributed by atoms with van der Waals surface area (Å²) in [5, 5.41) is 8.56. The van der Waals surface area contributed by atoms with E-state index in [-0.39, 0.29) is 6.04 Å². The SMILES string of the molecule is CCCCC(NCC)c1c(Cl)cnn1CCOC. The van der Waals surface area contributed by atoms with Crippen molar-refractivity contribution in [3.05, 3.63) is 16.9 Å². The minimum absolute atomic E-state index is 0.279. The lowest BCUT2D eigenvalue weighted by molar-refractivity contribution is 0.181. The van der Waals surface area contributed by atoms with Crippen LogP contribution in [-0.2, 0) is 11.3 Å². The molecule has 0 aromatic carbocycles. The average Bonchev–Trinajstić information content (AvgIpc) is 2.73. The number of halogens is 1. The first kappa shape index (κ1) is 15.5. The van der Waals surface area contributed by atoms with Gasteiger partial charge < -0.3 is 10.1 Å². The van der Waals surface area contributed by atoms with E-state index < -0.39 is 0 Å². The summed E-state index contributed by atoms with van der Waals surface area (Å²) < 4.78 is 7.06. The Labute approximate surface area is 115 Å². The summed E-state index contributed by atoms with van der Waals surface area (Å²) in [5.74, 6) is 0. The number of hydrogen-bond acceptors (Lipinski definition) is 3. The molecule has 0 saturated heterocycles. The molecular weight excluding hydrogens is 250 g/mol. The van der Waals surface area contributed by atoms with E-state index in [4.69, 9.17) is 16.3 Å². The van der Waals surface area contributed by atoms with Gasteiger partial charge in [-0.3, -0.25) is 4.68 Å². The predicted octanol–water partition coefficient (Wildman–Crippen LogP) is 3.02. The Hall–Kier alpha value is -0.580. The Morgan fingerprint density at radius 3 is 2.89 bits per heavy atom. The molecule has 4 nitrogen and oxygen atoms in total. The molecule has 1 N–H and O–H groups in total. The molecule has 1 heterocycles. The third-order valence-corrected chi connectivity index (χ3v) is 3.26. The van der Waals surface area contributed by atoms with Crippen molar-refractivity contribution in [1.82, 2.24) is 15.1 Å². The molecule has 5 heteroatoms. The fourth-order valence-corrected chi connectivity index (χ4v) is 2.34. The van der Waals surface area contributed by atoms with Gasteiger partial charge >= 0.3 is 0 Å². The summed E-state index contributed by atoms with van der Waals surface area (Å²) in [6.45, 7) is 6.64. The Morgan fingerprint density at radius 1 is 1.50 bits per heavy atom. The van der Waals surface area contributed by atoms with Crippen molar-refractivity contribution in [3.63, 3.8) is 0 Å². The van der Waals surface area contributed by atoms with Crippen LogP contribution in [0.1, 0.15) is 44.8 Å². The second-order valence-electron chi connectivity index (χ2n) is 4.35. The molecule has 0 bridgehead atoms. The van der Waals surface area contributed by atoms with Crippen molar-refractivity contribution >= 4 is 11.6 Å². The largest absolute Gasteiger partial charge is 0.383 e. The standard InChI is InChI=1S/C13H24ClN3O/c1-4-6-7-12(15-5-2)13-11(14)10-16-17(13)8-9-18-3/h10,12,15H,4-9H2,1-3H3. The van der Waals surface area contributed by atoms with E-state index in [1.54, 1.807) is 13.3 Å². The van der Waals surface area contributed by atoms with Crippen molar-refractivity contribution in [2.24, 2.45) is 0 Å².